The SMILES string of the molecule is CCCn1ccnc1SCCNS(=O)(=O)c1ccccc1. The van der Waals surface area contributed by atoms with Crippen LogP contribution in [0.3, 0.4) is 0 Å². The van der Waals surface area contributed by atoms with Crippen LogP contribution in [0.5, 0.6) is 0 Å². The van der Waals surface area contributed by atoms with E-state index in [4.69, 9.17) is 0 Å². The average molecular weight is 325 g/mol. The molecular weight excluding hydrogens is 306 g/mol. The lowest BCUT2D eigenvalue weighted by molar-refractivity contribution is 0.584. The van der Waals surface area contributed by atoms with Crippen molar-refractivity contribution in [2.75, 3.05) is 12.3 Å². The average Bonchev–Trinajstić information content (AvgIpc) is 2.92. The van der Waals surface area contributed by atoms with Crippen LogP contribution in [0.2, 0.25) is 0 Å². The predicted octanol–water partition coefficient (Wildman–Crippen LogP) is 2.36. The summed E-state index contributed by atoms with van der Waals surface area (Å²) in [5.41, 5.74) is 0. The number of hydrogen-bond donors (Lipinski definition) is 1. The van der Waals surface area contributed by atoms with Gasteiger partial charge in [0.2, 0.25) is 10.0 Å². The van der Waals surface area contributed by atoms with E-state index in [0.29, 0.717) is 17.2 Å². The fraction of sp³-hybridized carbons (Fsp3) is 0.357. The van der Waals surface area contributed by atoms with Gasteiger partial charge in [0.1, 0.15) is 0 Å². The molecule has 1 N–H and O–H groups in total. The van der Waals surface area contributed by atoms with Gasteiger partial charge in [-0.05, 0) is 18.6 Å². The summed E-state index contributed by atoms with van der Waals surface area (Å²) in [5, 5.41) is 0.927. The molecule has 2 rings (SSSR count). The Hall–Kier alpha value is -1.31. The number of rotatable bonds is 8. The van der Waals surface area contributed by atoms with Gasteiger partial charge in [-0.1, -0.05) is 36.9 Å². The standard InChI is InChI=1S/C14H19N3O2S2/c1-2-10-17-11-8-15-14(17)20-12-9-16-21(18,19)13-6-4-3-5-7-13/h3-8,11,16H,2,9-10,12H2,1H3. The summed E-state index contributed by atoms with van der Waals surface area (Å²) in [7, 11) is -3.41. The maximum atomic E-state index is 12.0. The summed E-state index contributed by atoms with van der Waals surface area (Å²) in [6, 6.07) is 8.39. The first-order valence-electron chi connectivity index (χ1n) is 6.82. The molecule has 5 nitrogen and oxygen atoms in total. The van der Waals surface area contributed by atoms with Crippen molar-refractivity contribution in [2.45, 2.75) is 29.9 Å². The molecule has 0 fully saturated rings. The van der Waals surface area contributed by atoms with Crippen LogP contribution >= 0.6 is 11.8 Å². The Kier molecular flexibility index (Phi) is 5.84. The Morgan fingerprint density at radius 3 is 2.76 bits per heavy atom. The molecule has 0 saturated carbocycles. The molecule has 0 atom stereocenters. The second kappa shape index (κ2) is 7.63. The maximum Gasteiger partial charge on any atom is 0.240 e. The lowest BCUT2D eigenvalue weighted by atomic mass is 10.4. The van der Waals surface area contributed by atoms with Crippen molar-refractivity contribution in [1.29, 1.82) is 0 Å². The Morgan fingerprint density at radius 1 is 1.29 bits per heavy atom. The zero-order valence-corrected chi connectivity index (χ0v) is 13.5. The highest BCUT2D eigenvalue weighted by Crippen LogP contribution is 2.15. The highest BCUT2D eigenvalue weighted by Gasteiger charge is 2.12. The maximum absolute atomic E-state index is 12.0. The molecule has 0 amide bonds. The summed E-state index contributed by atoms with van der Waals surface area (Å²) in [5.74, 6) is 0.646. The topological polar surface area (TPSA) is 64.0 Å². The molecule has 2 aromatic rings. The third-order valence-electron chi connectivity index (χ3n) is 2.82. The molecule has 21 heavy (non-hydrogen) atoms. The first-order chi connectivity index (χ1) is 10.1. The van der Waals surface area contributed by atoms with E-state index in [9.17, 15) is 8.42 Å². The molecule has 0 unspecified atom stereocenters. The quantitative estimate of drug-likeness (QED) is 0.598. The lowest BCUT2D eigenvalue weighted by Gasteiger charge is -2.07. The van der Waals surface area contributed by atoms with Crippen molar-refractivity contribution < 1.29 is 8.42 Å². The predicted molar refractivity (Wildman–Crippen MR) is 84.9 cm³/mol. The fourth-order valence-corrected chi connectivity index (χ4v) is 3.87. The number of benzene rings is 1. The van der Waals surface area contributed by atoms with Gasteiger partial charge in [0.05, 0.1) is 4.90 Å². The van der Waals surface area contributed by atoms with Crippen LogP contribution in [-0.4, -0.2) is 30.3 Å². The summed E-state index contributed by atoms with van der Waals surface area (Å²) in [6.45, 7) is 3.42. The number of aromatic nitrogens is 2. The van der Waals surface area contributed by atoms with Crippen molar-refractivity contribution in [2.24, 2.45) is 0 Å². The molecule has 1 heterocycles. The monoisotopic (exact) mass is 325 g/mol. The van der Waals surface area contributed by atoms with E-state index in [1.807, 2.05) is 6.20 Å². The fourth-order valence-electron chi connectivity index (χ4n) is 1.85. The van der Waals surface area contributed by atoms with Gasteiger partial charge < -0.3 is 4.57 Å². The van der Waals surface area contributed by atoms with Crippen molar-refractivity contribution in [3.63, 3.8) is 0 Å². The largest absolute Gasteiger partial charge is 0.326 e. The molecule has 1 aromatic carbocycles. The van der Waals surface area contributed by atoms with E-state index < -0.39 is 10.0 Å². The minimum absolute atomic E-state index is 0.294. The van der Waals surface area contributed by atoms with Crippen LogP contribution in [-0.2, 0) is 16.6 Å². The van der Waals surface area contributed by atoms with Gasteiger partial charge in [-0.2, -0.15) is 0 Å². The minimum Gasteiger partial charge on any atom is -0.326 e. The van der Waals surface area contributed by atoms with Crippen molar-refractivity contribution >= 4 is 21.8 Å². The number of sulfonamides is 1. The molecular formula is C14H19N3O2S2. The Balaban J connectivity index is 1.83. The van der Waals surface area contributed by atoms with Gasteiger partial charge in [0.15, 0.2) is 5.16 Å². The van der Waals surface area contributed by atoms with E-state index in [-0.39, 0.29) is 0 Å². The Bertz CT molecular complexity index is 654. The van der Waals surface area contributed by atoms with Gasteiger partial charge in [0, 0.05) is 31.2 Å². The number of thioether (sulfide) groups is 1. The first kappa shape index (κ1) is 16.1. The van der Waals surface area contributed by atoms with Crippen LogP contribution in [0.4, 0.5) is 0 Å². The number of aryl methyl sites for hydroxylation is 1. The smallest absolute Gasteiger partial charge is 0.240 e. The van der Waals surface area contributed by atoms with Gasteiger partial charge in [-0.3, -0.25) is 0 Å². The van der Waals surface area contributed by atoms with E-state index in [0.717, 1.165) is 18.1 Å². The summed E-state index contributed by atoms with van der Waals surface area (Å²) >= 11 is 1.55. The van der Waals surface area contributed by atoms with Crippen LogP contribution in [0.1, 0.15) is 13.3 Å². The number of imidazole rings is 1. The normalized spacial score (nSPS) is 11.7. The van der Waals surface area contributed by atoms with Gasteiger partial charge in [0.25, 0.3) is 0 Å². The highest BCUT2D eigenvalue weighted by atomic mass is 32.2. The zero-order chi connectivity index (χ0) is 15.1. The third-order valence-corrected chi connectivity index (χ3v) is 5.30. The van der Waals surface area contributed by atoms with Crippen molar-refractivity contribution in [1.82, 2.24) is 14.3 Å². The Morgan fingerprint density at radius 2 is 2.05 bits per heavy atom. The van der Waals surface area contributed by atoms with Crippen molar-refractivity contribution in [3.8, 4) is 0 Å². The molecule has 1 aromatic heterocycles. The molecule has 0 radical (unpaired) electrons. The van der Waals surface area contributed by atoms with Gasteiger partial charge >= 0.3 is 0 Å². The lowest BCUT2D eigenvalue weighted by Crippen LogP contribution is -2.26. The van der Waals surface area contributed by atoms with Gasteiger partial charge in [-0.15, -0.1) is 0 Å². The summed E-state index contributed by atoms with van der Waals surface area (Å²) < 4.78 is 28.7. The van der Waals surface area contributed by atoms with Crippen molar-refractivity contribution in [3.05, 3.63) is 42.7 Å². The van der Waals surface area contributed by atoms with E-state index in [1.54, 1.807) is 48.3 Å². The van der Waals surface area contributed by atoms with Crippen LogP contribution in [0, 0.1) is 0 Å². The summed E-state index contributed by atoms with van der Waals surface area (Å²) in [4.78, 5) is 4.57. The number of nitrogens with one attached hydrogen (secondary N) is 1. The molecule has 7 heteroatoms. The summed E-state index contributed by atoms with van der Waals surface area (Å²) in [6.07, 6.45) is 4.76. The van der Waals surface area contributed by atoms with Crippen LogP contribution in [0.15, 0.2) is 52.8 Å². The molecule has 0 saturated heterocycles. The molecule has 0 aliphatic carbocycles. The van der Waals surface area contributed by atoms with Gasteiger partial charge in [-0.25, -0.2) is 18.1 Å². The van der Waals surface area contributed by atoms with Crippen LogP contribution < -0.4 is 4.72 Å². The van der Waals surface area contributed by atoms with E-state index in [2.05, 4.69) is 21.2 Å². The second-order valence-corrected chi connectivity index (χ2v) is 7.29. The first-order valence-corrected chi connectivity index (χ1v) is 9.29. The highest BCUT2D eigenvalue weighted by molar-refractivity contribution is 7.99. The second-order valence-electron chi connectivity index (χ2n) is 4.46. The molecule has 114 valence electrons. The minimum atomic E-state index is -3.41. The number of hydrogen-bond acceptors (Lipinski definition) is 4. The van der Waals surface area contributed by atoms with Crippen LogP contribution in [0.25, 0.3) is 0 Å². The number of nitrogens with zero attached hydrogens (tertiary/aromatic N) is 2. The molecule has 0 spiro atoms. The molecule has 0 aliphatic rings. The molecule has 0 bridgehead atoms. The third kappa shape index (κ3) is 4.59. The van der Waals surface area contributed by atoms with E-state index >= 15 is 0 Å². The Labute approximate surface area is 129 Å². The molecule has 0 aliphatic heterocycles. The zero-order valence-electron chi connectivity index (χ0n) is 11.9. The van der Waals surface area contributed by atoms with E-state index in [1.165, 1.54) is 0 Å².